The lowest BCUT2D eigenvalue weighted by molar-refractivity contribution is 0.186. The van der Waals surface area contributed by atoms with Gasteiger partial charge in [0.05, 0.1) is 7.11 Å². The molecule has 1 aliphatic heterocycles. The van der Waals surface area contributed by atoms with Crippen molar-refractivity contribution < 1.29 is 4.74 Å². The van der Waals surface area contributed by atoms with Crippen LogP contribution in [0.5, 0.6) is 5.75 Å². The second kappa shape index (κ2) is 8.16. The van der Waals surface area contributed by atoms with Crippen molar-refractivity contribution in [1.82, 2.24) is 10.2 Å². The van der Waals surface area contributed by atoms with E-state index in [1.165, 1.54) is 31.5 Å². The van der Waals surface area contributed by atoms with Crippen LogP contribution in [-0.4, -0.2) is 37.7 Å². The van der Waals surface area contributed by atoms with Crippen molar-refractivity contribution in [3.8, 4) is 5.75 Å². The number of nitrogens with zero attached hydrogens (tertiary/aromatic N) is 1. The van der Waals surface area contributed by atoms with E-state index in [1.54, 1.807) is 7.11 Å². The molecule has 2 rings (SSSR count). The lowest BCUT2D eigenvalue weighted by Gasteiger charge is -2.31. The van der Waals surface area contributed by atoms with Crippen LogP contribution in [0.1, 0.15) is 32.3 Å². The molecule has 1 atom stereocenters. The van der Waals surface area contributed by atoms with Gasteiger partial charge < -0.3 is 10.1 Å². The normalized spacial score (nSPS) is 17.4. The van der Waals surface area contributed by atoms with Gasteiger partial charge in [0.1, 0.15) is 5.75 Å². The van der Waals surface area contributed by atoms with E-state index in [2.05, 4.69) is 46.1 Å². The summed E-state index contributed by atoms with van der Waals surface area (Å²) < 4.78 is 6.53. The minimum absolute atomic E-state index is 0.630. The first-order valence-electron chi connectivity index (χ1n) is 7.89. The molecule has 0 aliphatic carbocycles. The van der Waals surface area contributed by atoms with E-state index in [4.69, 9.17) is 4.74 Å². The van der Waals surface area contributed by atoms with Crippen molar-refractivity contribution >= 4 is 15.9 Å². The number of ether oxygens (including phenoxy) is 1. The number of rotatable bonds is 7. The Morgan fingerprint density at radius 2 is 2.00 bits per heavy atom. The van der Waals surface area contributed by atoms with Gasteiger partial charge in [0.25, 0.3) is 0 Å². The highest BCUT2D eigenvalue weighted by molar-refractivity contribution is 9.10. The van der Waals surface area contributed by atoms with Gasteiger partial charge in [0.15, 0.2) is 0 Å². The molecule has 118 valence electrons. The van der Waals surface area contributed by atoms with Gasteiger partial charge in [0.2, 0.25) is 0 Å². The zero-order chi connectivity index (χ0) is 15.2. The third kappa shape index (κ3) is 4.70. The fourth-order valence-corrected chi connectivity index (χ4v) is 3.51. The second-order valence-corrected chi connectivity index (χ2v) is 7.06. The predicted molar refractivity (Wildman–Crippen MR) is 91.8 cm³/mol. The summed E-state index contributed by atoms with van der Waals surface area (Å²) in [4.78, 5) is 2.63. The first-order chi connectivity index (χ1) is 10.1. The van der Waals surface area contributed by atoms with E-state index in [-0.39, 0.29) is 0 Å². The van der Waals surface area contributed by atoms with E-state index >= 15 is 0 Å². The maximum absolute atomic E-state index is 5.43. The number of methoxy groups -OCH3 is 1. The molecule has 0 saturated carbocycles. The molecular weight excluding hydrogens is 328 g/mol. The number of hydrogen-bond acceptors (Lipinski definition) is 3. The van der Waals surface area contributed by atoms with Crippen molar-refractivity contribution in [3.05, 3.63) is 28.2 Å². The average Bonchev–Trinajstić information content (AvgIpc) is 2.97. The summed E-state index contributed by atoms with van der Waals surface area (Å²) in [6.45, 7) is 9.04. The smallest absolute Gasteiger partial charge is 0.123 e. The van der Waals surface area contributed by atoms with Crippen LogP contribution in [-0.2, 0) is 6.54 Å². The van der Waals surface area contributed by atoms with Crippen LogP contribution in [0.4, 0.5) is 0 Å². The molecule has 3 nitrogen and oxygen atoms in total. The molecule has 1 aromatic rings. The molecule has 1 aromatic carbocycles. The van der Waals surface area contributed by atoms with Crippen LogP contribution in [0.3, 0.4) is 0 Å². The van der Waals surface area contributed by atoms with Gasteiger partial charge in [-0.2, -0.15) is 0 Å². The summed E-state index contributed by atoms with van der Waals surface area (Å²) in [5.74, 6) is 1.63. The van der Waals surface area contributed by atoms with Crippen LogP contribution in [0.2, 0.25) is 0 Å². The van der Waals surface area contributed by atoms with Crippen molar-refractivity contribution in [3.63, 3.8) is 0 Å². The Balaban J connectivity index is 1.91. The van der Waals surface area contributed by atoms with E-state index in [1.807, 2.05) is 12.1 Å². The van der Waals surface area contributed by atoms with Gasteiger partial charge in [-0.15, -0.1) is 0 Å². The molecule has 0 radical (unpaired) electrons. The first kappa shape index (κ1) is 16.8. The third-order valence-corrected chi connectivity index (χ3v) is 4.78. The van der Waals surface area contributed by atoms with Crippen LogP contribution in [0.25, 0.3) is 0 Å². The monoisotopic (exact) mass is 354 g/mol. The molecule has 1 saturated heterocycles. The number of nitrogens with one attached hydrogen (secondary N) is 1. The number of halogens is 1. The molecule has 21 heavy (non-hydrogen) atoms. The van der Waals surface area contributed by atoms with Crippen LogP contribution >= 0.6 is 15.9 Å². The average molecular weight is 355 g/mol. The van der Waals surface area contributed by atoms with Crippen LogP contribution in [0.15, 0.2) is 22.7 Å². The van der Waals surface area contributed by atoms with Gasteiger partial charge >= 0.3 is 0 Å². The highest BCUT2D eigenvalue weighted by Crippen LogP contribution is 2.23. The van der Waals surface area contributed by atoms with E-state index in [0.717, 1.165) is 23.3 Å². The van der Waals surface area contributed by atoms with E-state index in [0.29, 0.717) is 12.0 Å². The second-order valence-electron chi connectivity index (χ2n) is 6.14. The number of benzene rings is 1. The molecule has 1 unspecified atom stereocenters. The standard InChI is InChI=1S/C17H27BrN2O/c1-13(2)16(20-8-4-5-9-20)12-19-11-14-10-15(18)6-7-17(14)21-3/h6-7,10,13,16,19H,4-5,8-9,11-12H2,1-3H3. The van der Waals surface area contributed by atoms with Crippen LogP contribution in [0, 0.1) is 5.92 Å². The topological polar surface area (TPSA) is 24.5 Å². The minimum Gasteiger partial charge on any atom is -0.496 e. The predicted octanol–water partition coefficient (Wildman–Crippen LogP) is 3.67. The minimum atomic E-state index is 0.630. The molecule has 4 heteroatoms. The van der Waals surface area contributed by atoms with E-state index < -0.39 is 0 Å². The van der Waals surface area contributed by atoms with Gasteiger partial charge in [-0.05, 0) is 50.0 Å². The maximum atomic E-state index is 5.43. The molecule has 1 fully saturated rings. The largest absolute Gasteiger partial charge is 0.496 e. The Morgan fingerprint density at radius 3 is 2.62 bits per heavy atom. The highest BCUT2D eigenvalue weighted by atomic mass is 79.9. The Morgan fingerprint density at radius 1 is 1.29 bits per heavy atom. The molecule has 0 amide bonds. The van der Waals surface area contributed by atoms with Crippen molar-refractivity contribution in [2.24, 2.45) is 5.92 Å². The zero-order valence-corrected chi connectivity index (χ0v) is 14.9. The molecule has 0 bridgehead atoms. The van der Waals surface area contributed by atoms with Gasteiger partial charge in [-0.1, -0.05) is 29.8 Å². The molecule has 1 heterocycles. The summed E-state index contributed by atoms with van der Waals surface area (Å²) in [7, 11) is 1.73. The van der Waals surface area contributed by atoms with Gasteiger partial charge in [-0.25, -0.2) is 0 Å². The van der Waals surface area contributed by atoms with Gasteiger partial charge in [-0.3, -0.25) is 4.90 Å². The quantitative estimate of drug-likeness (QED) is 0.808. The Labute approximate surface area is 137 Å². The Bertz CT molecular complexity index is 444. The molecule has 1 N–H and O–H groups in total. The first-order valence-corrected chi connectivity index (χ1v) is 8.68. The summed E-state index contributed by atoms with van der Waals surface area (Å²) in [5.41, 5.74) is 1.20. The summed E-state index contributed by atoms with van der Waals surface area (Å²) in [6, 6.07) is 6.79. The van der Waals surface area contributed by atoms with E-state index in [9.17, 15) is 0 Å². The molecular formula is C17H27BrN2O. The summed E-state index contributed by atoms with van der Waals surface area (Å²) in [5, 5.41) is 3.62. The molecule has 0 spiro atoms. The van der Waals surface area contributed by atoms with Crippen LogP contribution < -0.4 is 10.1 Å². The van der Waals surface area contributed by atoms with Crippen molar-refractivity contribution in [2.45, 2.75) is 39.3 Å². The Kier molecular flexibility index (Phi) is 6.52. The van der Waals surface area contributed by atoms with Gasteiger partial charge in [0, 0.05) is 29.2 Å². The number of hydrogen-bond donors (Lipinski definition) is 1. The maximum Gasteiger partial charge on any atom is 0.123 e. The highest BCUT2D eigenvalue weighted by Gasteiger charge is 2.24. The third-order valence-electron chi connectivity index (χ3n) is 4.29. The number of likely N-dealkylation sites (tertiary alicyclic amines) is 1. The summed E-state index contributed by atoms with van der Waals surface area (Å²) in [6.07, 6.45) is 2.70. The lowest BCUT2D eigenvalue weighted by Crippen LogP contribution is -2.44. The summed E-state index contributed by atoms with van der Waals surface area (Å²) >= 11 is 3.53. The fourth-order valence-electron chi connectivity index (χ4n) is 3.10. The zero-order valence-electron chi connectivity index (χ0n) is 13.4. The van der Waals surface area contributed by atoms with Crippen molar-refractivity contribution in [2.75, 3.05) is 26.7 Å². The Hall–Kier alpha value is -0.580. The molecule has 1 aliphatic rings. The molecule has 0 aromatic heterocycles. The lowest BCUT2D eigenvalue weighted by atomic mass is 10.0. The SMILES string of the molecule is COc1ccc(Br)cc1CNCC(C(C)C)N1CCCC1. The van der Waals surface area contributed by atoms with Crippen molar-refractivity contribution in [1.29, 1.82) is 0 Å². The fraction of sp³-hybridized carbons (Fsp3) is 0.647.